The zero-order valence-electron chi connectivity index (χ0n) is 27.3. The molecule has 0 aliphatic carbocycles. The third-order valence-electron chi connectivity index (χ3n) is 9.18. The van der Waals surface area contributed by atoms with Crippen LogP contribution in [0.1, 0.15) is 6.92 Å². The molecule has 3 aliphatic rings. The molecule has 3 saturated heterocycles. The highest BCUT2D eigenvalue weighted by molar-refractivity contribution is 5.88. The van der Waals surface area contributed by atoms with Crippen LogP contribution in [0.15, 0.2) is 46.9 Å². The second kappa shape index (κ2) is 15.5. The minimum atomic E-state index is -1.86. The molecule has 1 aromatic heterocycles. The number of aliphatic hydroxyl groups is 10. The van der Waals surface area contributed by atoms with Crippen molar-refractivity contribution in [1.82, 2.24) is 0 Å². The summed E-state index contributed by atoms with van der Waals surface area (Å²) in [5.74, 6) is -0.892. The highest BCUT2D eigenvalue weighted by atomic mass is 16.7. The summed E-state index contributed by atoms with van der Waals surface area (Å²) < 4.78 is 39.8. The third kappa shape index (κ3) is 7.47. The Morgan fingerprint density at radius 1 is 0.635 bits per heavy atom. The fourth-order valence-corrected chi connectivity index (χ4v) is 6.06. The van der Waals surface area contributed by atoms with Crippen molar-refractivity contribution in [2.45, 2.75) is 99.0 Å². The molecule has 0 spiro atoms. The molecule has 12 N–H and O–H groups in total. The Morgan fingerprint density at radius 3 is 1.87 bits per heavy atom. The number of ether oxygens (including phenoxy) is 6. The zero-order chi connectivity index (χ0) is 37.6. The highest BCUT2D eigenvalue weighted by Crippen LogP contribution is 2.41. The fourth-order valence-electron chi connectivity index (χ4n) is 6.06. The van der Waals surface area contributed by atoms with Crippen LogP contribution < -0.4 is 9.47 Å². The number of fused-ring (bicyclic) bond motifs is 1. The van der Waals surface area contributed by atoms with Crippen molar-refractivity contribution in [2.75, 3.05) is 13.2 Å². The van der Waals surface area contributed by atoms with Crippen LogP contribution in [-0.4, -0.2) is 167 Å². The van der Waals surface area contributed by atoms with Gasteiger partial charge in [-0.05, 0) is 31.2 Å². The maximum Gasteiger partial charge on any atom is 0.402 e. The molecule has 0 radical (unpaired) electrons. The van der Waals surface area contributed by atoms with E-state index in [0.29, 0.717) is 5.56 Å². The van der Waals surface area contributed by atoms with Crippen LogP contribution in [0.5, 0.6) is 23.0 Å². The van der Waals surface area contributed by atoms with Crippen LogP contribution in [0, 0.1) is 0 Å². The van der Waals surface area contributed by atoms with Crippen LogP contribution >= 0.6 is 0 Å². The summed E-state index contributed by atoms with van der Waals surface area (Å²) in [7, 11) is 0. The Hall–Kier alpha value is -3.51. The van der Waals surface area contributed by atoms with Crippen molar-refractivity contribution < 1.29 is 94.1 Å². The van der Waals surface area contributed by atoms with E-state index in [1.165, 1.54) is 43.3 Å². The molecule has 3 aromatic rings. The molecule has 0 amide bonds. The molecule has 2 aromatic carbocycles. The second-order valence-corrected chi connectivity index (χ2v) is 12.8. The van der Waals surface area contributed by atoms with E-state index in [9.17, 15) is 61.3 Å². The van der Waals surface area contributed by atoms with Gasteiger partial charge >= 0.3 is 11.3 Å². The first-order valence-electron chi connectivity index (χ1n) is 16.3. The first kappa shape index (κ1) is 38.2. The molecular weight excluding hydrogens is 700 g/mol. The molecule has 0 saturated carbocycles. The molecule has 3 fully saturated rings. The zero-order valence-corrected chi connectivity index (χ0v) is 27.3. The quantitative estimate of drug-likeness (QED) is 0.0973. The molecule has 6 rings (SSSR count). The average molecular weight is 742 g/mol. The molecule has 0 bridgehead atoms. The summed E-state index contributed by atoms with van der Waals surface area (Å²) in [6.45, 7) is 0.197. The number of hydrogen-bond donors (Lipinski definition) is 12. The Kier molecular flexibility index (Phi) is 11.4. The van der Waals surface area contributed by atoms with E-state index in [1.54, 1.807) is 0 Å². The minimum Gasteiger partial charge on any atom is -0.508 e. The van der Waals surface area contributed by atoms with Gasteiger partial charge in [0.25, 0.3) is 0 Å². The Labute approximate surface area is 294 Å². The predicted molar refractivity (Wildman–Crippen MR) is 169 cm³/mol. The fraction of sp³-hybridized carbons (Fsp3) is 0.545. The maximum atomic E-state index is 11.0. The van der Waals surface area contributed by atoms with Gasteiger partial charge in [-0.1, -0.05) is 0 Å². The molecule has 19 nitrogen and oxygen atoms in total. The van der Waals surface area contributed by atoms with Crippen LogP contribution in [-0.2, 0) is 18.9 Å². The van der Waals surface area contributed by atoms with E-state index in [-0.39, 0.29) is 34.0 Å². The number of aliphatic hydroxyl groups excluding tert-OH is 10. The normalized spacial score (nSPS) is 38.2. The van der Waals surface area contributed by atoms with Crippen LogP contribution in [0.2, 0.25) is 0 Å². The summed E-state index contributed by atoms with van der Waals surface area (Å²) >= 11 is 0. The molecule has 3 aliphatic heterocycles. The lowest BCUT2D eigenvalue weighted by atomic mass is 9.98. The number of rotatable bonds is 9. The molecule has 4 heterocycles. The van der Waals surface area contributed by atoms with Gasteiger partial charge in [-0.15, -0.1) is 0 Å². The van der Waals surface area contributed by atoms with E-state index in [4.69, 9.17) is 32.8 Å². The van der Waals surface area contributed by atoms with Gasteiger partial charge in [-0.3, -0.25) is 0 Å². The number of aromatic hydroxyl groups is 2. The lowest BCUT2D eigenvalue weighted by molar-refractivity contribution is -0.318. The van der Waals surface area contributed by atoms with E-state index in [0.717, 1.165) is 6.07 Å². The Balaban J connectivity index is 1.28. The standard InChI is InChI=1S/C33H40O19/c1-11-21(37)24(40)27(43)31(47-11)46-10-20-23(39)26(42)29(45)33(52-20)50-18-8-15-16(36)6-14(48-32-28(44)25(41)22(38)19(9-34)51-32)7-17(15)49-30(18)12-2-4-13(35)5-3-12/h2-8,11,19-29,31-34,37-45H,9-10H2,1H3,(H-,35,36)/p+1/t11-,19+,20+,21-,22+,23+,24-,25-,26-,27-,28+,29+,31+,32+,33+/m0/s1. The second-order valence-electron chi connectivity index (χ2n) is 12.8. The average Bonchev–Trinajstić information content (AvgIpc) is 3.12. The van der Waals surface area contributed by atoms with Crippen molar-refractivity contribution in [3.05, 3.63) is 42.5 Å². The van der Waals surface area contributed by atoms with Gasteiger partial charge in [0.1, 0.15) is 89.8 Å². The largest absolute Gasteiger partial charge is 0.508 e. The van der Waals surface area contributed by atoms with Crippen molar-refractivity contribution in [1.29, 1.82) is 0 Å². The van der Waals surface area contributed by atoms with E-state index in [2.05, 4.69) is 0 Å². The van der Waals surface area contributed by atoms with E-state index < -0.39 is 111 Å². The minimum absolute atomic E-state index is 0.0164. The van der Waals surface area contributed by atoms with E-state index in [1.807, 2.05) is 0 Å². The van der Waals surface area contributed by atoms with Crippen LogP contribution in [0.4, 0.5) is 0 Å². The predicted octanol–water partition coefficient (Wildman–Crippen LogP) is -3.00. The van der Waals surface area contributed by atoms with Crippen molar-refractivity contribution in [3.8, 4) is 34.3 Å². The summed E-state index contributed by atoms with van der Waals surface area (Å²) in [5.41, 5.74) is 0.271. The Morgan fingerprint density at radius 2 is 1.21 bits per heavy atom. The summed E-state index contributed by atoms with van der Waals surface area (Å²) in [6, 6.07) is 9.29. The number of hydrogen-bond acceptors (Lipinski definition) is 18. The molecule has 15 atom stereocenters. The Bertz CT molecular complexity index is 1670. The molecule has 0 unspecified atom stereocenters. The first-order chi connectivity index (χ1) is 24.7. The van der Waals surface area contributed by atoms with Gasteiger partial charge in [-0.2, -0.15) is 0 Å². The SMILES string of the molecule is C[C@@H]1O[C@@H](OC[C@H]2O[C@@H](Oc3cc4c(O)cc(O[C@@H]5O[C@H](CO)[C@@H](O)[C@H](O)[C@H]5O)cc4[o+]c3-c3ccc(O)cc3)[C@H](O)[C@@H](O)[C@@H]2O)[C@@H](O)[C@@H](O)[C@H]1O. The smallest absolute Gasteiger partial charge is 0.402 e. The summed E-state index contributed by atoms with van der Waals surface area (Å²) in [5, 5.41) is 124. The summed E-state index contributed by atoms with van der Waals surface area (Å²) in [6.07, 6.45) is -23.5. The molecule has 286 valence electrons. The van der Waals surface area contributed by atoms with Crippen LogP contribution in [0.3, 0.4) is 0 Å². The third-order valence-corrected chi connectivity index (χ3v) is 9.18. The highest BCUT2D eigenvalue weighted by Gasteiger charge is 2.48. The maximum absolute atomic E-state index is 11.0. The van der Waals surface area contributed by atoms with Gasteiger partial charge in [0.2, 0.25) is 18.3 Å². The van der Waals surface area contributed by atoms with Crippen molar-refractivity contribution >= 4 is 11.0 Å². The number of benzene rings is 2. The molecular formula is C33H41O19+. The van der Waals surface area contributed by atoms with Gasteiger partial charge in [-0.25, -0.2) is 4.42 Å². The number of phenols is 2. The first-order valence-corrected chi connectivity index (χ1v) is 16.3. The van der Waals surface area contributed by atoms with Crippen molar-refractivity contribution in [2.24, 2.45) is 0 Å². The lowest BCUT2D eigenvalue weighted by Gasteiger charge is -2.42. The summed E-state index contributed by atoms with van der Waals surface area (Å²) in [4.78, 5) is 0. The van der Waals surface area contributed by atoms with Gasteiger partial charge in [0, 0.05) is 12.1 Å². The van der Waals surface area contributed by atoms with E-state index >= 15 is 0 Å². The lowest BCUT2D eigenvalue weighted by Crippen LogP contribution is -2.61. The van der Waals surface area contributed by atoms with Gasteiger partial charge < -0.3 is 89.7 Å². The van der Waals surface area contributed by atoms with Crippen molar-refractivity contribution in [3.63, 3.8) is 0 Å². The topological polar surface area (TPSA) is 309 Å². The number of phenolic OH excluding ortho intramolecular Hbond substituents is 2. The monoisotopic (exact) mass is 741 g/mol. The van der Waals surface area contributed by atoms with Crippen LogP contribution in [0.25, 0.3) is 22.3 Å². The molecule has 19 heteroatoms. The van der Waals surface area contributed by atoms with Gasteiger partial charge in [0.15, 0.2) is 6.29 Å². The van der Waals surface area contributed by atoms with Gasteiger partial charge in [0.05, 0.1) is 30.9 Å². The molecule has 52 heavy (non-hydrogen) atoms.